The number of rotatable bonds is 9. The fraction of sp³-hybridized carbons (Fsp3) is 0.391. The molecular weight excluding hydrogens is 449 g/mol. The molecule has 10 heteroatoms. The lowest BCUT2D eigenvalue weighted by atomic mass is 9.89. The van der Waals surface area contributed by atoms with Crippen LogP contribution in [0.4, 0.5) is 14.9 Å². The molecule has 0 saturated carbocycles. The second kappa shape index (κ2) is 11.4. The summed E-state index contributed by atoms with van der Waals surface area (Å²) in [5.74, 6) is -0.478. The zero-order valence-corrected chi connectivity index (χ0v) is 19.2. The number of hydrogen-bond donors (Lipinski definition) is 2. The summed E-state index contributed by atoms with van der Waals surface area (Å²) in [5, 5.41) is 2.45. The van der Waals surface area contributed by atoms with Gasteiger partial charge in [0.25, 0.3) is 0 Å². The van der Waals surface area contributed by atoms with Gasteiger partial charge in [-0.15, -0.1) is 0 Å². The Morgan fingerprint density at radius 2 is 1.76 bits per heavy atom. The number of nitrogens with one attached hydrogen (secondary N) is 2. The van der Waals surface area contributed by atoms with E-state index < -0.39 is 16.1 Å². The average molecular weight is 478 g/mol. The average Bonchev–Trinajstić information content (AvgIpc) is 2.80. The van der Waals surface area contributed by atoms with Crippen molar-refractivity contribution in [1.82, 2.24) is 9.62 Å². The molecular formula is C23H28FN3O5S. The van der Waals surface area contributed by atoms with E-state index in [2.05, 4.69) is 14.9 Å². The van der Waals surface area contributed by atoms with Crippen molar-refractivity contribution >= 4 is 27.6 Å². The van der Waals surface area contributed by atoms with Crippen molar-refractivity contribution < 1.29 is 27.1 Å². The minimum absolute atomic E-state index is 0.0149. The molecule has 1 aliphatic rings. The Morgan fingerprint density at radius 3 is 2.42 bits per heavy atom. The Labute approximate surface area is 193 Å². The van der Waals surface area contributed by atoms with Crippen molar-refractivity contribution in [3.05, 3.63) is 59.9 Å². The van der Waals surface area contributed by atoms with E-state index in [0.29, 0.717) is 38.0 Å². The summed E-state index contributed by atoms with van der Waals surface area (Å²) in [5.41, 5.74) is 0.654. The highest BCUT2D eigenvalue weighted by Gasteiger charge is 2.26. The molecule has 1 aliphatic heterocycles. The second-order valence-corrected chi connectivity index (χ2v) is 9.46. The number of likely N-dealkylation sites (tertiary alicyclic amines) is 1. The third-order valence-electron chi connectivity index (χ3n) is 5.50. The van der Waals surface area contributed by atoms with Crippen LogP contribution in [0.15, 0.2) is 53.4 Å². The molecule has 2 aromatic carbocycles. The number of anilines is 1. The number of piperidine rings is 1. The highest BCUT2D eigenvalue weighted by atomic mass is 32.2. The molecule has 2 N–H and O–H groups in total. The zero-order valence-electron chi connectivity index (χ0n) is 18.4. The van der Waals surface area contributed by atoms with Crippen molar-refractivity contribution in [2.45, 2.75) is 24.7 Å². The molecule has 0 spiro atoms. The summed E-state index contributed by atoms with van der Waals surface area (Å²) in [7, 11) is -3.85. The largest absolute Gasteiger partial charge is 0.450 e. The molecule has 0 bridgehead atoms. The number of halogens is 1. The van der Waals surface area contributed by atoms with Crippen LogP contribution in [-0.2, 0) is 14.8 Å². The fourth-order valence-electron chi connectivity index (χ4n) is 3.77. The molecule has 1 heterocycles. The number of hydrogen-bond acceptors (Lipinski definition) is 6. The predicted octanol–water partition coefficient (Wildman–Crippen LogP) is 3.27. The van der Waals surface area contributed by atoms with Crippen LogP contribution in [0.1, 0.15) is 30.1 Å². The number of carbonyl (C=O) groups excluding carboxylic acids is 2. The standard InChI is InChI=1S/C23H28FN3O5S/c1-2-32-23(29)26-20-5-3-4-6-21(20)33(30,31)25-13-16-27-14-11-18(12-15-27)22(28)17-7-9-19(24)10-8-17/h3-10,18,25H,2,11-16H2,1H3,(H,26,29). The van der Waals surface area contributed by atoms with Gasteiger partial charge in [0.15, 0.2) is 5.78 Å². The zero-order chi connectivity index (χ0) is 23.8. The first-order valence-corrected chi connectivity index (χ1v) is 12.3. The van der Waals surface area contributed by atoms with E-state index >= 15 is 0 Å². The van der Waals surface area contributed by atoms with Gasteiger partial charge in [-0.1, -0.05) is 12.1 Å². The molecule has 0 atom stereocenters. The highest BCUT2D eigenvalue weighted by molar-refractivity contribution is 7.89. The number of ketones is 1. The third kappa shape index (κ3) is 6.83. The Kier molecular flexibility index (Phi) is 8.54. The summed E-state index contributed by atoms with van der Waals surface area (Å²) in [6.07, 6.45) is 0.600. The van der Waals surface area contributed by atoms with Crippen LogP contribution in [0.5, 0.6) is 0 Å². The number of ether oxygens (including phenoxy) is 1. The van der Waals surface area contributed by atoms with E-state index in [4.69, 9.17) is 4.74 Å². The molecule has 1 fully saturated rings. The smallest absolute Gasteiger partial charge is 0.411 e. The normalized spacial score (nSPS) is 15.2. The second-order valence-electron chi connectivity index (χ2n) is 7.73. The van der Waals surface area contributed by atoms with Gasteiger partial charge in [-0.2, -0.15) is 0 Å². The Bertz CT molecular complexity index is 1070. The Morgan fingerprint density at radius 1 is 1.09 bits per heavy atom. The van der Waals surface area contributed by atoms with Crippen molar-refractivity contribution in [2.24, 2.45) is 5.92 Å². The Hall–Kier alpha value is -2.82. The molecule has 1 amide bonds. The topological polar surface area (TPSA) is 105 Å². The van der Waals surface area contributed by atoms with Crippen LogP contribution in [0.2, 0.25) is 0 Å². The monoisotopic (exact) mass is 477 g/mol. The number of benzene rings is 2. The molecule has 0 radical (unpaired) electrons. The van der Waals surface area contributed by atoms with Crippen molar-refractivity contribution in [1.29, 1.82) is 0 Å². The van der Waals surface area contributed by atoms with Crippen LogP contribution in [0, 0.1) is 11.7 Å². The first kappa shape index (κ1) is 24.8. The Balaban J connectivity index is 1.49. The van der Waals surface area contributed by atoms with Gasteiger partial charge < -0.3 is 9.64 Å². The first-order valence-electron chi connectivity index (χ1n) is 10.8. The van der Waals surface area contributed by atoms with Crippen LogP contribution in [0.3, 0.4) is 0 Å². The van der Waals surface area contributed by atoms with E-state index in [-0.39, 0.29) is 41.3 Å². The minimum atomic E-state index is -3.85. The van der Waals surface area contributed by atoms with Gasteiger partial charge in [-0.3, -0.25) is 10.1 Å². The van der Waals surface area contributed by atoms with Gasteiger partial charge in [0.2, 0.25) is 10.0 Å². The highest BCUT2D eigenvalue weighted by Crippen LogP contribution is 2.23. The van der Waals surface area contributed by atoms with E-state index in [0.717, 1.165) is 0 Å². The van der Waals surface area contributed by atoms with E-state index in [9.17, 15) is 22.4 Å². The molecule has 8 nitrogen and oxygen atoms in total. The van der Waals surface area contributed by atoms with Crippen LogP contribution < -0.4 is 10.0 Å². The predicted molar refractivity (Wildman–Crippen MR) is 122 cm³/mol. The van der Waals surface area contributed by atoms with Gasteiger partial charge in [0.1, 0.15) is 10.7 Å². The van der Waals surface area contributed by atoms with Gasteiger partial charge in [-0.05, 0) is 69.3 Å². The van der Waals surface area contributed by atoms with Gasteiger partial charge in [-0.25, -0.2) is 22.3 Å². The number of Topliss-reactive ketones (excluding diaryl/α,β-unsaturated/α-hetero) is 1. The molecule has 2 aromatic rings. The summed E-state index contributed by atoms with van der Waals surface area (Å²) in [4.78, 5) is 26.4. The van der Waals surface area contributed by atoms with E-state index in [1.807, 2.05) is 0 Å². The number of sulfonamides is 1. The SMILES string of the molecule is CCOC(=O)Nc1ccccc1S(=O)(=O)NCCN1CCC(C(=O)c2ccc(F)cc2)CC1. The first-order chi connectivity index (χ1) is 15.8. The number of para-hydroxylation sites is 1. The number of amides is 1. The van der Waals surface area contributed by atoms with Crippen molar-refractivity contribution in [3.63, 3.8) is 0 Å². The summed E-state index contributed by atoms with van der Waals surface area (Å²) in [6.45, 7) is 3.84. The van der Waals surface area contributed by atoms with Crippen molar-refractivity contribution in [2.75, 3.05) is 38.1 Å². The maximum absolute atomic E-state index is 13.1. The van der Waals surface area contributed by atoms with Crippen molar-refractivity contribution in [3.8, 4) is 0 Å². The maximum Gasteiger partial charge on any atom is 0.411 e. The molecule has 0 aliphatic carbocycles. The van der Waals surface area contributed by atoms with Gasteiger partial charge >= 0.3 is 6.09 Å². The summed E-state index contributed by atoms with van der Waals surface area (Å²) < 4.78 is 46.0. The maximum atomic E-state index is 13.1. The quantitative estimate of drug-likeness (QED) is 0.537. The van der Waals surface area contributed by atoms with Crippen LogP contribution in [-0.4, -0.2) is 58.0 Å². The lowest BCUT2D eigenvalue weighted by Gasteiger charge is -2.31. The van der Waals surface area contributed by atoms with Crippen LogP contribution in [0.25, 0.3) is 0 Å². The lowest BCUT2D eigenvalue weighted by molar-refractivity contribution is 0.0842. The van der Waals surface area contributed by atoms with Gasteiger partial charge in [0.05, 0.1) is 12.3 Å². The molecule has 0 unspecified atom stereocenters. The van der Waals surface area contributed by atoms with Crippen LogP contribution >= 0.6 is 0 Å². The minimum Gasteiger partial charge on any atom is -0.450 e. The molecule has 178 valence electrons. The van der Waals surface area contributed by atoms with E-state index in [1.54, 1.807) is 19.1 Å². The molecule has 0 aromatic heterocycles. The number of nitrogens with zero attached hydrogens (tertiary/aromatic N) is 1. The van der Waals surface area contributed by atoms with E-state index in [1.165, 1.54) is 36.4 Å². The fourth-order valence-corrected chi connectivity index (χ4v) is 4.95. The molecule has 1 saturated heterocycles. The molecule has 3 rings (SSSR count). The summed E-state index contributed by atoms with van der Waals surface area (Å²) in [6, 6.07) is 11.7. The third-order valence-corrected chi connectivity index (χ3v) is 7.02. The molecule has 33 heavy (non-hydrogen) atoms. The lowest BCUT2D eigenvalue weighted by Crippen LogP contribution is -2.41. The van der Waals surface area contributed by atoms with Gasteiger partial charge in [0, 0.05) is 24.6 Å². The summed E-state index contributed by atoms with van der Waals surface area (Å²) >= 11 is 0. The number of carbonyl (C=O) groups is 2.